The van der Waals surface area contributed by atoms with Gasteiger partial charge in [0.15, 0.2) is 6.61 Å². The standard InChI is InChI=1S/C20H27N3O5/c24-18(21-13-17-7-4-12-27-17)14-28-19(25)15-8-10-23(11-9-15)20(26)22-16-5-2-1-3-6-16/h1-3,5-6,15,17H,4,7-14H2,(H,21,24)(H,22,26)/t17-/m0/s1. The minimum Gasteiger partial charge on any atom is -0.455 e. The Morgan fingerprint density at radius 1 is 1.11 bits per heavy atom. The van der Waals surface area contributed by atoms with Crippen LogP contribution in [0.1, 0.15) is 25.7 Å². The zero-order valence-corrected chi connectivity index (χ0v) is 15.9. The van der Waals surface area contributed by atoms with Gasteiger partial charge in [0.05, 0.1) is 12.0 Å². The van der Waals surface area contributed by atoms with E-state index < -0.39 is 0 Å². The molecule has 1 aromatic rings. The number of anilines is 1. The number of para-hydroxylation sites is 1. The quantitative estimate of drug-likeness (QED) is 0.723. The van der Waals surface area contributed by atoms with Crippen LogP contribution in [0, 0.1) is 5.92 Å². The van der Waals surface area contributed by atoms with Crippen molar-refractivity contribution < 1.29 is 23.9 Å². The van der Waals surface area contributed by atoms with E-state index in [-0.39, 0.29) is 36.5 Å². The van der Waals surface area contributed by atoms with Crippen molar-refractivity contribution in [2.24, 2.45) is 5.92 Å². The van der Waals surface area contributed by atoms with Crippen LogP contribution in [0.15, 0.2) is 30.3 Å². The summed E-state index contributed by atoms with van der Waals surface area (Å²) < 4.78 is 10.6. The molecule has 0 bridgehead atoms. The van der Waals surface area contributed by atoms with Crippen molar-refractivity contribution in [2.75, 3.05) is 38.2 Å². The maximum absolute atomic E-state index is 12.3. The summed E-state index contributed by atoms with van der Waals surface area (Å²) in [5, 5.41) is 5.57. The lowest BCUT2D eigenvalue weighted by molar-refractivity contribution is -0.153. The number of amides is 3. The van der Waals surface area contributed by atoms with E-state index in [0.29, 0.717) is 32.5 Å². The minimum absolute atomic E-state index is 0.0611. The van der Waals surface area contributed by atoms with Crippen LogP contribution in [0.2, 0.25) is 0 Å². The van der Waals surface area contributed by atoms with Crippen molar-refractivity contribution in [3.05, 3.63) is 30.3 Å². The number of piperidine rings is 1. The molecule has 0 spiro atoms. The third-order valence-corrected chi connectivity index (χ3v) is 5.04. The van der Waals surface area contributed by atoms with Gasteiger partial charge in [-0.3, -0.25) is 9.59 Å². The lowest BCUT2D eigenvalue weighted by atomic mass is 9.97. The number of nitrogens with one attached hydrogen (secondary N) is 2. The molecular formula is C20H27N3O5. The Hall–Kier alpha value is -2.61. The van der Waals surface area contributed by atoms with Gasteiger partial charge in [0, 0.05) is 31.9 Å². The molecule has 0 aliphatic carbocycles. The van der Waals surface area contributed by atoms with E-state index in [1.54, 1.807) is 4.90 Å². The highest BCUT2D eigenvalue weighted by Crippen LogP contribution is 2.19. The molecule has 28 heavy (non-hydrogen) atoms. The first-order chi connectivity index (χ1) is 13.6. The van der Waals surface area contributed by atoms with E-state index in [2.05, 4.69) is 10.6 Å². The molecule has 2 aliphatic heterocycles. The van der Waals surface area contributed by atoms with Gasteiger partial charge in [-0.05, 0) is 37.8 Å². The van der Waals surface area contributed by atoms with E-state index in [0.717, 1.165) is 25.1 Å². The number of urea groups is 1. The molecule has 0 aromatic heterocycles. The summed E-state index contributed by atoms with van der Waals surface area (Å²) in [6.07, 6.45) is 3.07. The van der Waals surface area contributed by atoms with Crippen molar-refractivity contribution in [3.63, 3.8) is 0 Å². The van der Waals surface area contributed by atoms with Gasteiger partial charge in [-0.15, -0.1) is 0 Å². The van der Waals surface area contributed by atoms with Crippen LogP contribution in [0.5, 0.6) is 0 Å². The van der Waals surface area contributed by atoms with Crippen LogP contribution in [-0.2, 0) is 19.1 Å². The van der Waals surface area contributed by atoms with E-state index >= 15 is 0 Å². The largest absolute Gasteiger partial charge is 0.455 e. The Morgan fingerprint density at radius 3 is 2.54 bits per heavy atom. The third-order valence-electron chi connectivity index (χ3n) is 5.04. The van der Waals surface area contributed by atoms with Gasteiger partial charge >= 0.3 is 12.0 Å². The normalized spacial score (nSPS) is 19.9. The lowest BCUT2D eigenvalue weighted by Crippen LogP contribution is -2.43. The number of benzene rings is 1. The maximum Gasteiger partial charge on any atom is 0.321 e. The molecule has 0 radical (unpaired) electrons. The average Bonchev–Trinajstić information content (AvgIpc) is 3.25. The maximum atomic E-state index is 12.3. The minimum atomic E-state index is -0.379. The van der Waals surface area contributed by atoms with Gasteiger partial charge in [0.2, 0.25) is 0 Å². The topological polar surface area (TPSA) is 97.0 Å². The van der Waals surface area contributed by atoms with Crippen LogP contribution >= 0.6 is 0 Å². The zero-order chi connectivity index (χ0) is 19.8. The van der Waals surface area contributed by atoms with Gasteiger partial charge in [-0.1, -0.05) is 18.2 Å². The molecule has 2 N–H and O–H groups in total. The summed E-state index contributed by atoms with van der Waals surface area (Å²) in [5.41, 5.74) is 0.739. The van der Waals surface area contributed by atoms with Crippen molar-refractivity contribution in [1.82, 2.24) is 10.2 Å². The molecule has 0 unspecified atom stereocenters. The van der Waals surface area contributed by atoms with E-state index in [1.165, 1.54) is 0 Å². The number of likely N-dealkylation sites (tertiary alicyclic amines) is 1. The van der Waals surface area contributed by atoms with Gasteiger partial charge in [-0.2, -0.15) is 0 Å². The van der Waals surface area contributed by atoms with E-state index in [9.17, 15) is 14.4 Å². The first-order valence-corrected chi connectivity index (χ1v) is 9.78. The number of rotatable bonds is 6. The monoisotopic (exact) mass is 389 g/mol. The summed E-state index contributed by atoms with van der Waals surface area (Å²) in [6, 6.07) is 9.07. The smallest absolute Gasteiger partial charge is 0.321 e. The predicted octanol–water partition coefficient (Wildman–Crippen LogP) is 1.77. The highest BCUT2D eigenvalue weighted by atomic mass is 16.5. The molecule has 2 heterocycles. The summed E-state index contributed by atoms with van der Waals surface area (Å²) >= 11 is 0. The van der Waals surface area contributed by atoms with Crippen LogP contribution in [0.3, 0.4) is 0 Å². The second-order valence-corrected chi connectivity index (χ2v) is 7.10. The Balaban J connectivity index is 1.33. The van der Waals surface area contributed by atoms with Crippen molar-refractivity contribution in [3.8, 4) is 0 Å². The SMILES string of the molecule is O=C(COC(=O)C1CCN(C(=O)Nc2ccccc2)CC1)NC[C@@H]1CCCO1. The number of nitrogens with zero attached hydrogens (tertiary/aromatic N) is 1. The summed E-state index contributed by atoms with van der Waals surface area (Å²) in [7, 11) is 0. The molecule has 8 nitrogen and oxygen atoms in total. The fraction of sp³-hybridized carbons (Fsp3) is 0.550. The summed E-state index contributed by atoms with van der Waals surface area (Å²) in [6.45, 7) is 1.86. The molecule has 1 aromatic carbocycles. The highest BCUT2D eigenvalue weighted by molar-refractivity contribution is 5.89. The van der Waals surface area contributed by atoms with Crippen LogP contribution in [0.25, 0.3) is 0 Å². The first kappa shape index (κ1) is 20.1. The average molecular weight is 389 g/mol. The van der Waals surface area contributed by atoms with Crippen molar-refractivity contribution in [1.29, 1.82) is 0 Å². The van der Waals surface area contributed by atoms with E-state index in [4.69, 9.17) is 9.47 Å². The number of hydrogen-bond donors (Lipinski definition) is 2. The van der Waals surface area contributed by atoms with Gasteiger partial charge in [0.1, 0.15) is 0 Å². The third kappa shape index (κ3) is 5.95. The van der Waals surface area contributed by atoms with Crippen LogP contribution < -0.4 is 10.6 Å². The summed E-state index contributed by atoms with van der Waals surface area (Å²) in [5.74, 6) is -0.981. The molecule has 3 amide bonds. The lowest BCUT2D eigenvalue weighted by Gasteiger charge is -2.30. The molecule has 8 heteroatoms. The van der Waals surface area contributed by atoms with Crippen LogP contribution in [-0.4, -0.2) is 61.8 Å². The highest BCUT2D eigenvalue weighted by Gasteiger charge is 2.29. The number of esters is 1. The fourth-order valence-electron chi connectivity index (χ4n) is 3.38. The molecule has 3 rings (SSSR count). The van der Waals surface area contributed by atoms with Crippen molar-refractivity contribution >= 4 is 23.6 Å². The molecule has 0 saturated carbocycles. The molecule has 2 saturated heterocycles. The number of carbonyl (C=O) groups is 3. The number of carbonyl (C=O) groups excluding carboxylic acids is 3. The summed E-state index contributed by atoms with van der Waals surface area (Å²) in [4.78, 5) is 37.9. The Labute approximate surface area is 164 Å². The van der Waals surface area contributed by atoms with Gasteiger partial charge in [0.25, 0.3) is 5.91 Å². The Bertz CT molecular complexity index is 668. The predicted molar refractivity (Wildman–Crippen MR) is 103 cm³/mol. The Kier molecular flexibility index (Phi) is 7.25. The number of hydrogen-bond acceptors (Lipinski definition) is 5. The van der Waals surface area contributed by atoms with Gasteiger partial charge < -0.3 is 25.0 Å². The molecule has 2 fully saturated rings. The number of ether oxygens (including phenoxy) is 2. The second kappa shape index (κ2) is 10.1. The first-order valence-electron chi connectivity index (χ1n) is 9.78. The molecule has 2 aliphatic rings. The molecule has 152 valence electrons. The Morgan fingerprint density at radius 2 is 1.86 bits per heavy atom. The molecular weight excluding hydrogens is 362 g/mol. The van der Waals surface area contributed by atoms with Gasteiger partial charge in [-0.25, -0.2) is 4.79 Å². The molecule has 1 atom stereocenters. The van der Waals surface area contributed by atoms with E-state index in [1.807, 2.05) is 30.3 Å². The second-order valence-electron chi connectivity index (χ2n) is 7.10. The van der Waals surface area contributed by atoms with Crippen molar-refractivity contribution in [2.45, 2.75) is 31.8 Å². The van der Waals surface area contributed by atoms with Crippen LogP contribution in [0.4, 0.5) is 10.5 Å². The zero-order valence-electron chi connectivity index (χ0n) is 15.9. The fourth-order valence-corrected chi connectivity index (χ4v) is 3.38.